The fourth-order valence-corrected chi connectivity index (χ4v) is 13.2. The number of fused-ring (bicyclic) bond motifs is 5. The van der Waals surface area contributed by atoms with Crippen LogP contribution in [0.3, 0.4) is 0 Å². The Morgan fingerprint density at radius 1 is 0.406 bits per heavy atom. The number of hydrogen-bond acceptors (Lipinski definition) is 1. The number of hydrogen-bond donors (Lipinski definition) is 0. The largest absolute Gasteiger partial charge is 0.310 e. The van der Waals surface area contributed by atoms with E-state index in [0.717, 1.165) is 23.2 Å². The summed E-state index contributed by atoms with van der Waals surface area (Å²) in [4.78, 5) is 2.50. The molecular formula is C62H56N2. The average Bonchev–Trinajstić information content (AvgIpc) is 3.66. The summed E-state index contributed by atoms with van der Waals surface area (Å²) >= 11 is 0. The quantitative estimate of drug-likeness (QED) is 0.162. The number of anilines is 3. The van der Waals surface area contributed by atoms with Crippen molar-refractivity contribution in [1.82, 2.24) is 4.57 Å². The zero-order valence-corrected chi connectivity index (χ0v) is 37.5. The van der Waals surface area contributed by atoms with Crippen LogP contribution in [0.2, 0.25) is 0 Å². The van der Waals surface area contributed by atoms with E-state index in [2.05, 4.69) is 231 Å². The molecule has 2 nitrogen and oxygen atoms in total. The van der Waals surface area contributed by atoms with E-state index in [0.29, 0.717) is 11.8 Å². The fraction of sp³-hybridized carbons (Fsp3) is 0.226. The third-order valence-corrected chi connectivity index (χ3v) is 15.8. The molecular weight excluding hydrogens is 773 g/mol. The number of nitrogens with zero attached hydrogens (tertiary/aromatic N) is 2. The van der Waals surface area contributed by atoms with Gasteiger partial charge in [-0.1, -0.05) is 161 Å². The van der Waals surface area contributed by atoms with E-state index in [1.165, 1.54) is 92.2 Å². The van der Waals surface area contributed by atoms with Gasteiger partial charge in [0, 0.05) is 44.4 Å². The zero-order valence-electron chi connectivity index (χ0n) is 37.5. The molecule has 3 aliphatic carbocycles. The molecule has 1 spiro atoms. The predicted molar refractivity (Wildman–Crippen MR) is 269 cm³/mol. The number of aromatic nitrogens is 1. The smallest absolute Gasteiger partial charge is 0.0541 e. The molecule has 9 aromatic rings. The lowest BCUT2D eigenvalue weighted by molar-refractivity contribution is 0.0233. The van der Waals surface area contributed by atoms with Crippen LogP contribution in [0.5, 0.6) is 0 Å². The van der Waals surface area contributed by atoms with Gasteiger partial charge in [0.05, 0.1) is 11.0 Å². The van der Waals surface area contributed by atoms with Crippen LogP contribution in [-0.2, 0) is 10.8 Å². The van der Waals surface area contributed by atoms with E-state index in [-0.39, 0.29) is 10.8 Å². The normalized spacial score (nSPS) is 22.0. The Hall–Kier alpha value is -6.64. The summed E-state index contributed by atoms with van der Waals surface area (Å²) in [5.41, 5.74) is 18.1. The first-order valence-corrected chi connectivity index (χ1v) is 23.7. The van der Waals surface area contributed by atoms with E-state index in [4.69, 9.17) is 0 Å². The van der Waals surface area contributed by atoms with Crippen LogP contribution in [0.1, 0.15) is 75.6 Å². The molecule has 2 saturated carbocycles. The van der Waals surface area contributed by atoms with Crippen molar-refractivity contribution < 1.29 is 0 Å². The van der Waals surface area contributed by atoms with Crippen LogP contribution in [0, 0.1) is 23.7 Å². The third-order valence-electron chi connectivity index (χ3n) is 15.8. The van der Waals surface area contributed by atoms with Crippen molar-refractivity contribution in [3.8, 4) is 27.9 Å². The molecule has 1 aromatic heterocycles. The fourth-order valence-electron chi connectivity index (χ4n) is 13.2. The first-order chi connectivity index (χ1) is 31.3. The lowest BCUT2D eigenvalue weighted by Crippen LogP contribution is -2.55. The van der Waals surface area contributed by atoms with E-state index in [1.807, 2.05) is 0 Å². The predicted octanol–water partition coefficient (Wildman–Crippen LogP) is 16.6. The van der Waals surface area contributed by atoms with Gasteiger partial charge >= 0.3 is 0 Å². The van der Waals surface area contributed by atoms with Crippen LogP contribution in [-0.4, -0.2) is 4.57 Å². The molecule has 2 bridgehead atoms. The van der Waals surface area contributed by atoms with E-state index < -0.39 is 0 Å². The van der Waals surface area contributed by atoms with Crippen LogP contribution < -0.4 is 4.90 Å². The number of rotatable bonds is 6. The third kappa shape index (κ3) is 5.98. The van der Waals surface area contributed by atoms with Crippen LogP contribution in [0.15, 0.2) is 194 Å². The van der Waals surface area contributed by atoms with Crippen LogP contribution in [0.4, 0.5) is 17.1 Å². The molecule has 8 aromatic carbocycles. The standard InChI is InChI=1S/C62H56N2/c1-41-34-47-36-42(2)37-48(35-41)62(47)56-25-11-10-24-55(56)61(3,4)58-40-52(32-33-57(58)62)63(50-20-14-18-45(38-50)43-16-6-5-7-17-43)49-30-28-44(29-31-49)46-19-15-21-51(39-46)64-59-26-12-8-22-53(59)54-23-9-13-27-60(54)64/h5-33,38-42,47-48H,34-37H2,1-4H3. The minimum Gasteiger partial charge on any atom is -0.310 e. The minimum absolute atomic E-state index is 0.0481. The summed E-state index contributed by atoms with van der Waals surface area (Å²) < 4.78 is 2.41. The van der Waals surface area contributed by atoms with Gasteiger partial charge in [-0.25, -0.2) is 0 Å². The van der Waals surface area contributed by atoms with Crippen molar-refractivity contribution in [2.45, 2.75) is 64.2 Å². The maximum absolute atomic E-state index is 2.59. The lowest BCUT2D eigenvalue weighted by Gasteiger charge is -2.61. The Morgan fingerprint density at radius 3 is 1.58 bits per heavy atom. The van der Waals surface area contributed by atoms with Gasteiger partial charge in [-0.05, 0) is 155 Å². The summed E-state index contributed by atoms with van der Waals surface area (Å²) in [6, 6.07) is 72.9. The first kappa shape index (κ1) is 39.0. The highest BCUT2D eigenvalue weighted by molar-refractivity contribution is 6.09. The molecule has 0 saturated heterocycles. The Bertz CT molecular complexity index is 3120. The monoisotopic (exact) mass is 828 g/mol. The van der Waals surface area contributed by atoms with Crippen molar-refractivity contribution in [1.29, 1.82) is 0 Å². The Kier molecular flexibility index (Phi) is 9.13. The molecule has 0 unspecified atom stereocenters. The molecule has 0 N–H and O–H groups in total. The maximum atomic E-state index is 2.59. The summed E-state index contributed by atoms with van der Waals surface area (Å²) in [5, 5.41) is 2.56. The SMILES string of the molecule is CC1CC2CC(C)CC(C1)C21c2ccccc2C(C)(C)c2cc(N(c3ccc(-c4cccc(-n5c6ccccc6c6ccccc65)c4)cc3)c3cccc(-c4ccccc4)c3)ccc21. The molecule has 1 heterocycles. The van der Waals surface area contributed by atoms with Gasteiger partial charge in [0.1, 0.15) is 0 Å². The van der Waals surface area contributed by atoms with E-state index in [1.54, 1.807) is 11.1 Å². The van der Waals surface area contributed by atoms with Crippen molar-refractivity contribution in [3.05, 3.63) is 216 Å². The molecule has 0 amide bonds. The van der Waals surface area contributed by atoms with Gasteiger partial charge in [0.2, 0.25) is 0 Å². The summed E-state index contributed by atoms with van der Waals surface area (Å²) in [6.45, 7) is 9.99. The van der Waals surface area contributed by atoms with Crippen molar-refractivity contribution in [2.75, 3.05) is 4.90 Å². The van der Waals surface area contributed by atoms with Gasteiger partial charge in [-0.15, -0.1) is 0 Å². The summed E-state index contributed by atoms with van der Waals surface area (Å²) in [5.74, 6) is 2.83. The number of benzene rings is 8. The summed E-state index contributed by atoms with van der Waals surface area (Å²) in [6.07, 6.45) is 5.23. The molecule has 3 aliphatic rings. The van der Waals surface area contributed by atoms with Gasteiger partial charge in [0.25, 0.3) is 0 Å². The maximum Gasteiger partial charge on any atom is 0.0541 e. The van der Waals surface area contributed by atoms with Gasteiger partial charge in [-0.3, -0.25) is 0 Å². The highest BCUT2D eigenvalue weighted by Gasteiger charge is 2.59. The molecule has 2 fully saturated rings. The molecule has 12 rings (SSSR count). The first-order valence-electron chi connectivity index (χ1n) is 23.7. The zero-order chi connectivity index (χ0) is 43.2. The summed E-state index contributed by atoms with van der Waals surface area (Å²) in [7, 11) is 0. The van der Waals surface area contributed by atoms with Gasteiger partial charge in [-0.2, -0.15) is 0 Å². The number of para-hydroxylation sites is 2. The second kappa shape index (κ2) is 15.0. The Labute approximate surface area is 378 Å². The van der Waals surface area contributed by atoms with Crippen molar-refractivity contribution in [3.63, 3.8) is 0 Å². The molecule has 2 heteroatoms. The van der Waals surface area contributed by atoms with Crippen molar-refractivity contribution in [2.24, 2.45) is 23.7 Å². The lowest BCUT2D eigenvalue weighted by atomic mass is 9.42. The van der Waals surface area contributed by atoms with Crippen molar-refractivity contribution >= 4 is 38.9 Å². The minimum atomic E-state index is -0.154. The second-order valence-electron chi connectivity index (χ2n) is 20.0. The van der Waals surface area contributed by atoms with Gasteiger partial charge < -0.3 is 9.47 Å². The molecule has 0 atom stereocenters. The molecule has 64 heavy (non-hydrogen) atoms. The van der Waals surface area contributed by atoms with E-state index in [9.17, 15) is 0 Å². The molecule has 314 valence electrons. The van der Waals surface area contributed by atoms with Crippen LogP contribution in [0.25, 0.3) is 49.7 Å². The molecule has 0 radical (unpaired) electrons. The van der Waals surface area contributed by atoms with Crippen LogP contribution >= 0.6 is 0 Å². The Balaban J connectivity index is 0.998. The van der Waals surface area contributed by atoms with E-state index >= 15 is 0 Å². The average molecular weight is 829 g/mol. The Morgan fingerprint density at radius 2 is 0.906 bits per heavy atom. The highest BCUT2D eigenvalue weighted by atomic mass is 15.1. The topological polar surface area (TPSA) is 8.17 Å². The highest BCUT2D eigenvalue weighted by Crippen LogP contribution is 2.65. The molecule has 0 aliphatic heterocycles. The van der Waals surface area contributed by atoms with Gasteiger partial charge in [0.15, 0.2) is 0 Å². The second-order valence-corrected chi connectivity index (χ2v) is 20.0.